The molecule has 142 valence electrons. The lowest BCUT2D eigenvalue weighted by molar-refractivity contribution is -0.137. The molecule has 2 aliphatic heterocycles. The van der Waals surface area contributed by atoms with E-state index in [9.17, 15) is 22.4 Å². The van der Waals surface area contributed by atoms with Crippen molar-refractivity contribution in [2.24, 2.45) is 0 Å². The number of amides is 1. The molecule has 1 amide bonds. The average Bonchev–Trinajstić information content (AvgIpc) is 3.22. The molecule has 0 saturated carbocycles. The minimum Gasteiger partial charge on any atom is -0.443 e. The van der Waals surface area contributed by atoms with Gasteiger partial charge in [-0.05, 0) is 42.2 Å². The minimum absolute atomic E-state index is 0.193. The molecule has 0 spiro atoms. The molecule has 3 atom stereocenters. The Kier molecular flexibility index (Phi) is 4.32. The summed E-state index contributed by atoms with van der Waals surface area (Å²) in [5, 5.41) is 0. The van der Waals surface area contributed by atoms with Crippen molar-refractivity contribution < 1.29 is 27.1 Å². The Labute approximate surface area is 153 Å². The smallest absolute Gasteiger partial charge is 0.416 e. The van der Waals surface area contributed by atoms with Crippen LogP contribution in [0, 0.1) is 5.82 Å². The van der Waals surface area contributed by atoms with Gasteiger partial charge in [0.1, 0.15) is 11.9 Å². The summed E-state index contributed by atoms with van der Waals surface area (Å²) in [4.78, 5) is 13.8. The van der Waals surface area contributed by atoms with Crippen molar-refractivity contribution in [2.75, 3.05) is 6.54 Å². The van der Waals surface area contributed by atoms with Crippen LogP contribution in [-0.2, 0) is 10.9 Å². The summed E-state index contributed by atoms with van der Waals surface area (Å²) < 4.78 is 58.5. The Bertz CT molecular complexity index is 850. The molecule has 2 aromatic rings. The number of alkyl halides is 3. The maximum absolute atomic E-state index is 13.4. The molecule has 27 heavy (non-hydrogen) atoms. The van der Waals surface area contributed by atoms with E-state index in [1.54, 1.807) is 11.0 Å². The molecule has 2 aromatic carbocycles. The summed E-state index contributed by atoms with van der Waals surface area (Å²) in [6.45, 7) is 0.582. The van der Waals surface area contributed by atoms with Gasteiger partial charge in [-0.1, -0.05) is 30.3 Å². The number of benzene rings is 2. The first-order valence-corrected chi connectivity index (χ1v) is 8.74. The fraction of sp³-hybridized carbons (Fsp3) is 0.350. The van der Waals surface area contributed by atoms with Crippen LogP contribution in [0.4, 0.5) is 22.4 Å². The number of ether oxygens (including phenoxy) is 1. The van der Waals surface area contributed by atoms with Crippen LogP contribution in [0.1, 0.15) is 35.4 Å². The van der Waals surface area contributed by atoms with Gasteiger partial charge in [-0.15, -0.1) is 0 Å². The largest absolute Gasteiger partial charge is 0.443 e. The van der Waals surface area contributed by atoms with Gasteiger partial charge in [0.25, 0.3) is 0 Å². The summed E-state index contributed by atoms with van der Waals surface area (Å²) in [7, 11) is 0. The number of halogens is 4. The second kappa shape index (κ2) is 6.55. The molecule has 1 unspecified atom stereocenters. The van der Waals surface area contributed by atoms with Crippen LogP contribution < -0.4 is 0 Å². The molecular formula is C20H17F4NO2. The first kappa shape index (κ1) is 17.8. The molecule has 0 aromatic heterocycles. The molecular weight excluding hydrogens is 362 g/mol. The van der Waals surface area contributed by atoms with Gasteiger partial charge in [0.15, 0.2) is 0 Å². The van der Waals surface area contributed by atoms with Crippen molar-refractivity contribution in [3.05, 3.63) is 71.0 Å². The van der Waals surface area contributed by atoms with Gasteiger partial charge in [-0.2, -0.15) is 13.2 Å². The third-order valence-corrected chi connectivity index (χ3v) is 5.28. The highest BCUT2D eigenvalue weighted by Crippen LogP contribution is 2.41. The van der Waals surface area contributed by atoms with E-state index in [0.29, 0.717) is 17.7 Å². The van der Waals surface area contributed by atoms with Gasteiger partial charge < -0.3 is 9.64 Å². The summed E-state index contributed by atoms with van der Waals surface area (Å²) in [6.07, 6.45) is -3.98. The highest BCUT2D eigenvalue weighted by molar-refractivity contribution is 5.71. The van der Waals surface area contributed by atoms with Crippen LogP contribution in [0.2, 0.25) is 0 Å². The molecule has 0 bridgehead atoms. The third kappa shape index (κ3) is 3.26. The van der Waals surface area contributed by atoms with E-state index in [1.165, 1.54) is 30.3 Å². The van der Waals surface area contributed by atoms with Crippen LogP contribution in [0.15, 0.2) is 48.5 Å². The molecule has 0 N–H and O–H groups in total. The van der Waals surface area contributed by atoms with Crippen LogP contribution in [0.3, 0.4) is 0 Å². The zero-order chi connectivity index (χ0) is 19.2. The van der Waals surface area contributed by atoms with Crippen LogP contribution in [-0.4, -0.2) is 29.7 Å². The van der Waals surface area contributed by atoms with Crippen molar-refractivity contribution in [3.63, 3.8) is 0 Å². The predicted molar refractivity (Wildman–Crippen MR) is 89.7 cm³/mol. The minimum atomic E-state index is -4.48. The molecule has 2 fully saturated rings. The average molecular weight is 379 g/mol. The van der Waals surface area contributed by atoms with E-state index in [0.717, 1.165) is 25.0 Å². The number of carbonyl (C=O) groups is 1. The van der Waals surface area contributed by atoms with Crippen LogP contribution in [0.5, 0.6) is 0 Å². The highest BCUT2D eigenvalue weighted by Gasteiger charge is 2.48. The topological polar surface area (TPSA) is 29.5 Å². The maximum Gasteiger partial charge on any atom is 0.416 e. The van der Waals surface area contributed by atoms with E-state index in [1.807, 2.05) is 0 Å². The van der Waals surface area contributed by atoms with Crippen molar-refractivity contribution in [1.29, 1.82) is 0 Å². The standard InChI is InChI=1S/C20H17F4NO2/c21-15-8-6-12(7-9-15)17(13-3-1-4-14(11-13)20(22,23)24)18-16-5-2-10-25(16)19(26)27-18/h1,3-4,6-9,11,16-18H,2,5,10H2/t16-,17?,18+/m1/s1. The first-order valence-electron chi connectivity index (χ1n) is 8.74. The van der Waals surface area contributed by atoms with Gasteiger partial charge in [-0.3, -0.25) is 0 Å². The molecule has 2 aliphatic rings. The number of hydrogen-bond acceptors (Lipinski definition) is 2. The van der Waals surface area contributed by atoms with E-state index in [4.69, 9.17) is 4.74 Å². The number of cyclic esters (lactones) is 1. The Hall–Kier alpha value is -2.57. The van der Waals surface area contributed by atoms with E-state index >= 15 is 0 Å². The van der Waals surface area contributed by atoms with E-state index < -0.39 is 35.7 Å². The number of fused-ring (bicyclic) bond motifs is 1. The SMILES string of the molecule is O=C1O[C@H](C(c2ccc(F)cc2)c2cccc(C(F)(F)F)c2)[C@H]2CCCN12. The van der Waals surface area contributed by atoms with Gasteiger partial charge >= 0.3 is 12.3 Å². The summed E-state index contributed by atoms with van der Waals surface area (Å²) in [5.74, 6) is -1.04. The lowest BCUT2D eigenvalue weighted by Gasteiger charge is -2.27. The summed E-state index contributed by atoms with van der Waals surface area (Å²) >= 11 is 0. The van der Waals surface area contributed by atoms with Crippen LogP contribution in [0.25, 0.3) is 0 Å². The van der Waals surface area contributed by atoms with Crippen LogP contribution >= 0.6 is 0 Å². The van der Waals surface area contributed by atoms with Gasteiger partial charge in [0, 0.05) is 12.5 Å². The lowest BCUT2D eigenvalue weighted by atomic mass is 9.82. The Morgan fingerprint density at radius 3 is 2.52 bits per heavy atom. The Morgan fingerprint density at radius 2 is 1.81 bits per heavy atom. The van der Waals surface area contributed by atoms with Crippen molar-refractivity contribution in [3.8, 4) is 0 Å². The van der Waals surface area contributed by atoms with Crippen molar-refractivity contribution in [2.45, 2.75) is 37.1 Å². The maximum atomic E-state index is 13.4. The second-order valence-electron chi connectivity index (χ2n) is 6.90. The lowest BCUT2D eigenvalue weighted by Crippen LogP contribution is -2.34. The fourth-order valence-corrected chi connectivity index (χ4v) is 4.06. The highest BCUT2D eigenvalue weighted by atomic mass is 19.4. The fourth-order valence-electron chi connectivity index (χ4n) is 4.06. The third-order valence-electron chi connectivity index (χ3n) is 5.28. The number of rotatable bonds is 3. The zero-order valence-corrected chi connectivity index (χ0v) is 14.2. The Balaban J connectivity index is 1.80. The van der Waals surface area contributed by atoms with Gasteiger partial charge in [-0.25, -0.2) is 9.18 Å². The molecule has 2 heterocycles. The van der Waals surface area contributed by atoms with E-state index in [-0.39, 0.29) is 6.04 Å². The van der Waals surface area contributed by atoms with Crippen molar-refractivity contribution >= 4 is 6.09 Å². The molecule has 3 nitrogen and oxygen atoms in total. The van der Waals surface area contributed by atoms with Gasteiger partial charge in [0.2, 0.25) is 0 Å². The molecule has 7 heteroatoms. The first-order chi connectivity index (χ1) is 12.8. The zero-order valence-electron chi connectivity index (χ0n) is 14.2. The number of carbonyl (C=O) groups excluding carboxylic acids is 1. The molecule has 0 radical (unpaired) electrons. The second-order valence-corrected chi connectivity index (χ2v) is 6.90. The molecule has 2 saturated heterocycles. The normalized spacial score (nSPS) is 23.3. The Morgan fingerprint density at radius 1 is 1.07 bits per heavy atom. The molecule has 4 rings (SSSR count). The van der Waals surface area contributed by atoms with Gasteiger partial charge in [0.05, 0.1) is 11.6 Å². The number of hydrogen-bond donors (Lipinski definition) is 0. The summed E-state index contributed by atoms with van der Waals surface area (Å²) in [6, 6.07) is 10.4. The monoisotopic (exact) mass is 379 g/mol. The number of nitrogens with zero attached hydrogens (tertiary/aromatic N) is 1. The quantitative estimate of drug-likeness (QED) is 0.706. The summed E-state index contributed by atoms with van der Waals surface area (Å²) in [5.41, 5.74) is 0.241. The van der Waals surface area contributed by atoms with Crippen molar-refractivity contribution in [1.82, 2.24) is 4.90 Å². The predicted octanol–water partition coefficient (Wildman–Crippen LogP) is 4.96. The van der Waals surface area contributed by atoms with E-state index in [2.05, 4.69) is 0 Å². The molecule has 0 aliphatic carbocycles.